The van der Waals surface area contributed by atoms with Gasteiger partial charge in [0.05, 0.1) is 25.5 Å². The third kappa shape index (κ3) is 2.34. The molecule has 0 amide bonds. The van der Waals surface area contributed by atoms with Crippen LogP contribution in [0.15, 0.2) is 30.5 Å². The molecule has 0 bridgehead atoms. The van der Waals surface area contributed by atoms with Gasteiger partial charge in [0, 0.05) is 0 Å². The highest BCUT2D eigenvalue weighted by Crippen LogP contribution is 2.14. The highest BCUT2D eigenvalue weighted by molar-refractivity contribution is 5.88. The normalized spacial score (nSPS) is 10.3. The van der Waals surface area contributed by atoms with E-state index in [4.69, 9.17) is 9.84 Å². The molecular formula is C13H14N2O3. The van der Waals surface area contributed by atoms with E-state index in [1.807, 2.05) is 24.3 Å². The molecule has 1 heterocycles. The Kier molecular flexibility index (Phi) is 3.32. The Morgan fingerprint density at radius 2 is 2.06 bits per heavy atom. The second kappa shape index (κ2) is 4.91. The first-order valence-electron chi connectivity index (χ1n) is 5.50. The number of methoxy groups -OCH3 is 1. The van der Waals surface area contributed by atoms with Gasteiger partial charge < -0.3 is 9.84 Å². The van der Waals surface area contributed by atoms with Gasteiger partial charge in [0.1, 0.15) is 11.3 Å². The summed E-state index contributed by atoms with van der Waals surface area (Å²) in [5, 5.41) is 13.0. The zero-order valence-corrected chi connectivity index (χ0v) is 10.3. The molecule has 0 aliphatic rings. The fourth-order valence-electron chi connectivity index (χ4n) is 1.72. The summed E-state index contributed by atoms with van der Waals surface area (Å²) < 4.78 is 6.75. The van der Waals surface area contributed by atoms with Crippen molar-refractivity contribution in [3.05, 3.63) is 47.3 Å². The van der Waals surface area contributed by atoms with Gasteiger partial charge in [0.2, 0.25) is 0 Å². The monoisotopic (exact) mass is 246 g/mol. The zero-order chi connectivity index (χ0) is 13.1. The third-order valence-corrected chi connectivity index (χ3v) is 2.82. The molecule has 0 saturated carbocycles. The molecule has 0 unspecified atom stereocenters. The topological polar surface area (TPSA) is 64.4 Å². The second-order valence-electron chi connectivity index (χ2n) is 3.95. The first kappa shape index (κ1) is 12.2. The molecule has 5 heteroatoms. The summed E-state index contributed by atoms with van der Waals surface area (Å²) in [6.07, 6.45) is 1.38. The van der Waals surface area contributed by atoms with Gasteiger partial charge >= 0.3 is 5.97 Å². The fraction of sp³-hybridized carbons (Fsp3) is 0.231. The van der Waals surface area contributed by atoms with Crippen LogP contribution in [0.4, 0.5) is 0 Å². The molecule has 0 saturated heterocycles. The summed E-state index contributed by atoms with van der Waals surface area (Å²) >= 11 is 0. The van der Waals surface area contributed by atoms with Gasteiger partial charge in [-0.3, -0.25) is 4.68 Å². The van der Waals surface area contributed by atoms with Crippen LogP contribution in [-0.2, 0) is 6.54 Å². The molecule has 94 valence electrons. The predicted molar refractivity (Wildman–Crippen MR) is 66.0 cm³/mol. The minimum atomic E-state index is -0.950. The van der Waals surface area contributed by atoms with Crippen LogP contribution in [0, 0.1) is 6.92 Å². The molecule has 1 aromatic carbocycles. The van der Waals surface area contributed by atoms with Gasteiger partial charge in [-0.2, -0.15) is 5.10 Å². The minimum Gasteiger partial charge on any atom is -0.497 e. The lowest BCUT2D eigenvalue weighted by Gasteiger charge is -2.06. The van der Waals surface area contributed by atoms with E-state index in [1.165, 1.54) is 6.20 Å². The van der Waals surface area contributed by atoms with E-state index in [0.717, 1.165) is 11.3 Å². The molecule has 2 rings (SSSR count). The van der Waals surface area contributed by atoms with E-state index in [1.54, 1.807) is 18.7 Å². The van der Waals surface area contributed by atoms with Crippen molar-refractivity contribution in [1.29, 1.82) is 0 Å². The van der Waals surface area contributed by atoms with Crippen molar-refractivity contribution >= 4 is 5.97 Å². The molecule has 18 heavy (non-hydrogen) atoms. The molecule has 0 fully saturated rings. The average molecular weight is 246 g/mol. The Bertz CT molecular complexity index is 558. The maximum absolute atomic E-state index is 10.9. The first-order valence-corrected chi connectivity index (χ1v) is 5.50. The Morgan fingerprint density at radius 1 is 1.39 bits per heavy atom. The van der Waals surface area contributed by atoms with Gasteiger partial charge in [-0.15, -0.1) is 0 Å². The number of benzene rings is 1. The van der Waals surface area contributed by atoms with Crippen LogP contribution in [0.2, 0.25) is 0 Å². The molecule has 5 nitrogen and oxygen atoms in total. The number of aromatic carboxylic acids is 1. The Labute approximate surface area is 105 Å². The van der Waals surface area contributed by atoms with E-state index in [9.17, 15) is 4.79 Å². The van der Waals surface area contributed by atoms with Crippen molar-refractivity contribution in [2.24, 2.45) is 0 Å². The van der Waals surface area contributed by atoms with Crippen molar-refractivity contribution < 1.29 is 14.6 Å². The van der Waals surface area contributed by atoms with E-state index in [0.29, 0.717) is 12.2 Å². The highest BCUT2D eigenvalue weighted by Gasteiger charge is 2.12. The number of nitrogens with zero attached hydrogens (tertiary/aromatic N) is 2. The number of aromatic nitrogens is 2. The van der Waals surface area contributed by atoms with Crippen molar-refractivity contribution in [2.45, 2.75) is 13.5 Å². The molecule has 2 aromatic rings. The molecule has 0 aliphatic heterocycles. The number of carbonyl (C=O) groups is 1. The van der Waals surface area contributed by atoms with Crippen LogP contribution in [-0.4, -0.2) is 28.0 Å². The predicted octanol–water partition coefficient (Wildman–Crippen LogP) is 1.95. The largest absolute Gasteiger partial charge is 0.497 e. The minimum absolute atomic E-state index is 0.239. The van der Waals surface area contributed by atoms with Crippen LogP contribution in [0.25, 0.3) is 0 Å². The number of ether oxygens (including phenoxy) is 1. The number of hydrogen-bond acceptors (Lipinski definition) is 3. The summed E-state index contributed by atoms with van der Waals surface area (Å²) in [5.74, 6) is -0.157. The van der Waals surface area contributed by atoms with Crippen molar-refractivity contribution in [3.63, 3.8) is 0 Å². The lowest BCUT2D eigenvalue weighted by atomic mass is 10.2. The van der Waals surface area contributed by atoms with Gasteiger partial charge in [-0.05, 0) is 24.6 Å². The van der Waals surface area contributed by atoms with Crippen molar-refractivity contribution in [2.75, 3.05) is 7.11 Å². The quantitative estimate of drug-likeness (QED) is 0.895. The van der Waals surface area contributed by atoms with Gasteiger partial charge in [-0.25, -0.2) is 4.79 Å². The maximum Gasteiger partial charge on any atom is 0.339 e. The lowest BCUT2D eigenvalue weighted by molar-refractivity contribution is 0.0696. The Hall–Kier alpha value is -2.30. The maximum atomic E-state index is 10.9. The SMILES string of the molecule is COc1ccc(Cn2ncc(C(=O)O)c2C)cc1. The zero-order valence-electron chi connectivity index (χ0n) is 10.3. The Morgan fingerprint density at radius 3 is 2.56 bits per heavy atom. The number of hydrogen-bond donors (Lipinski definition) is 1. The smallest absolute Gasteiger partial charge is 0.339 e. The molecule has 0 aliphatic carbocycles. The summed E-state index contributed by atoms with van der Waals surface area (Å²) in [6.45, 7) is 2.29. The van der Waals surface area contributed by atoms with Gasteiger partial charge in [0.15, 0.2) is 0 Å². The Balaban J connectivity index is 2.20. The van der Waals surface area contributed by atoms with Crippen LogP contribution < -0.4 is 4.74 Å². The third-order valence-electron chi connectivity index (χ3n) is 2.82. The van der Waals surface area contributed by atoms with E-state index < -0.39 is 5.97 Å². The van der Waals surface area contributed by atoms with Crippen LogP contribution in [0.1, 0.15) is 21.6 Å². The second-order valence-corrected chi connectivity index (χ2v) is 3.95. The van der Waals surface area contributed by atoms with Crippen molar-refractivity contribution in [3.8, 4) is 5.75 Å². The first-order chi connectivity index (χ1) is 8.61. The summed E-state index contributed by atoms with van der Waals surface area (Å²) in [6, 6.07) is 7.60. The number of carboxylic acids is 1. The molecule has 0 spiro atoms. The summed E-state index contributed by atoms with van der Waals surface area (Å²) in [7, 11) is 1.62. The van der Waals surface area contributed by atoms with Crippen LogP contribution >= 0.6 is 0 Å². The molecule has 0 atom stereocenters. The molecular weight excluding hydrogens is 232 g/mol. The van der Waals surface area contributed by atoms with E-state index >= 15 is 0 Å². The van der Waals surface area contributed by atoms with E-state index in [2.05, 4.69) is 5.10 Å². The molecule has 0 radical (unpaired) electrons. The molecule has 1 N–H and O–H groups in total. The van der Waals surface area contributed by atoms with Crippen LogP contribution in [0.5, 0.6) is 5.75 Å². The fourth-order valence-corrected chi connectivity index (χ4v) is 1.72. The van der Waals surface area contributed by atoms with Gasteiger partial charge in [-0.1, -0.05) is 12.1 Å². The molecule has 1 aromatic heterocycles. The van der Waals surface area contributed by atoms with Gasteiger partial charge in [0.25, 0.3) is 0 Å². The summed E-state index contributed by atoms with van der Waals surface area (Å²) in [4.78, 5) is 10.9. The lowest BCUT2D eigenvalue weighted by Crippen LogP contribution is -2.05. The summed E-state index contributed by atoms with van der Waals surface area (Å²) in [5.41, 5.74) is 1.93. The van der Waals surface area contributed by atoms with E-state index in [-0.39, 0.29) is 5.56 Å². The van der Waals surface area contributed by atoms with Crippen LogP contribution in [0.3, 0.4) is 0 Å². The standard InChI is InChI=1S/C13H14N2O3/c1-9-12(13(16)17)7-14-15(9)8-10-3-5-11(18-2)6-4-10/h3-7H,8H2,1-2H3,(H,16,17). The number of rotatable bonds is 4. The average Bonchev–Trinajstić information content (AvgIpc) is 2.72. The number of carboxylic acid groups (broad SMARTS) is 1. The highest BCUT2D eigenvalue weighted by atomic mass is 16.5. The van der Waals surface area contributed by atoms with Crippen molar-refractivity contribution in [1.82, 2.24) is 9.78 Å².